The van der Waals surface area contributed by atoms with E-state index >= 15 is 0 Å². The molecule has 0 aliphatic heterocycles. The van der Waals surface area contributed by atoms with E-state index in [2.05, 4.69) is 31.5 Å². The lowest BCUT2D eigenvalue weighted by atomic mass is 10.1. The number of allylic oxidation sites excluding steroid dienone is 1. The second-order valence-corrected chi connectivity index (χ2v) is 7.84. The average Bonchev–Trinajstić information content (AvgIpc) is 3.28. The first-order valence-corrected chi connectivity index (χ1v) is 13.4. The van der Waals surface area contributed by atoms with E-state index in [1.54, 1.807) is 56.8 Å². The van der Waals surface area contributed by atoms with Crippen LogP contribution in [-0.4, -0.2) is 35.8 Å². The van der Waals surface area contributed by atoms with Gasteiger partial charge in [-0.1, -0.05) is 27.2 Å². The fourth-order valence-electron chi connectivity index (χ4n) is 2.90. The van der Waals surface area contributed by atoms with E-state index < -0.39 is 0 Å². The highest BCUT2D eigenvalue weighted by Crippen LogP contribution is 2.28. The number of pyridine rings is 1. The number of fused-ring (bicyclic) bond motifs is 1. The van der Waals surface area contributed by atoms with Crippen LogP contribution in [0.4, 0.5) is 0 Å². The van der Waals surface area contributed by atoms with Crippen molar-refractivity contribution in [1.82, 2.24) is 4.98 Å². The minimum Gasteiger partial charge on any atom is -0.466 e. The smallest absolute Gasteiger partial charge is 0.310 e. The van der Waals surface area contributed by atoms with Crippen LogP contribution in [0.5, 0.6) is 11.6 Å². The van der Waals surface area contributed by atoms with Gasteiger partial charge in [0.25, 0.3) is 0 Å². The SMILES string of the molecule is CCC.CCCC(C)=O.CCOC(=O)Cc1coc2cc(Oc3ccc(/C(N)=C/C=N)cn3)ccc12.CS. The van der Waals surface area contributed by atoms with Crippen molar-refractivity contribution >= 4 is 47.3 Å². The number of hydrogen-bond donors (Lipinski definition) is 3. The summed E-state index contributed by atoms with van der Waals surface area (Å²) in [7, 11) is 0. The molecule has 0 fully saturated rings. The highest BCUT2D eigenvalue weighted by atomic mass is 32.1. The Balaban J connectivity index is 0.00000106. The Bertz CT molecular complexity index is 1140. The van der Waals surface area contributed by atoms with Gasteiger partial charge in [-0.2, -0.15) is 12.6 Å². The number of benzene rings is 1. The summed E-state index contributed by atoms with van der Waals surface area (Å²) >= 11 is 3.53. The normalized spacial score (nSPS) is 10.0. The highest BCUT2D eigenvalue weighted by molar-refractivity contribution is 7.79. The molecule has 0 bridgehead atoms. The number of ketones is 1. The van der Waals surface area contributed by atoms with Crippen LogP contribution >= 0.6 is 12.6 Å². The maximum Gasteiger partial charge on any atom is 0.310 e. The second kappa shape index (κ2) is 20.5. The first kappa shape index (κ1) is 34.4. The Kier molecular flexibility index (Phi) is 18.5. The van der Waals surface area contributed by atoms with Crippen molar-refractivity contribution in [2.75, 3.05) is 12.9 Å². The monoisotopic (exact) mass is 543 g/mol. The quantitative estimate of drug-likeness (QED) is 0.150. The van der Waals surface area contributed by atoms with Crippen molar-refractivity contribution in [1.29, 1.82) is 5.41 Å². The first-order chi connectivity index (χ1) is 18.3. The molecule has 8 nitrogen and oxygen atoms in total. The van der Waals surface area contributed by atoms with E-state index in [1.165, 1.54) is 12.5 Å². The molecular formula is C29H41N3O5S. The third-order valence-corrected chi connectivity index (χ3v) is 4.42. The van der Waals surface area contributed by atoms with E-state index in [1.807, 2.05) is 13.0 Å². The molecular weight excluding hydrogens is 502 g/mol. The van der Waals surface area contributed by atoms with Gasteiger partial charge in [0.2, 0.25) is 5.88 Å². The van der Waals surface area contributed by atoms with E-state index in [9.17, 15) is 9.59 Å². The van der Waals surface area contributed by atoms with Crippen LogP contribution in [0.3, 0.4) is 0 Å². The summed E-state index contributed by atoms with van der Waals surface area (Å²) in [6, 6.07) is 8.81. The molecule has 208 valence electrons. The number of nitrogens with two attached hydrogens (primary N) is 1. The van der Waals surface area contributed by atoms with Crippen molar-refractivity contribution < 1.29 is 23.5 Å². The number of nitrogens with one attached hydrogen (secondary N) is 1. The number of Topliss-reactive ketones (excluding diaryl/α,β-unsaturated/α-hetero) is 1. The van der Waals surface area contributed by atoms with Crippen molar-refractivity contribution in [2.45, 2.75) is 60.3 Å². The number of aromatic nitrogens is 1. The molecule has 9 heteroatoms. The topological polar surface area (TPSA) is 128 Å². The van der Waals surface area contributed by atoms with Crippen molar-refractivity contribution in [3.05, 3.63) is 60.0 Å². The molecule has 3 aromatic rings. The number of carbonyl (C=O) groups excluding carboxylic acids is 2. The van der Waals surface area contributed by atoms with E-state index in [0.29, 0.717) is 35.1 Å². The van der Waals surface area contributed by atoms with Gasteiger partial charge in [-0.05, 0) is 50.8 Å². The van der Waals surface area contributed by atoms with Crippen LogP contribution in [0.1, 0.15) is 65.0 Å². The van der Waals surface area contributed by atoms with Crippen molar-refractivity contribution in [3.8, 4) is 11.6 Å². The number of nitrogens with zero attached hydrogens (tertiary/aromatic N) is 1. The molecule has 0 aliphatic carbocycles. The molecule has 0 saturated carbocycles. The molecule has 2 heterocycles. The minimum atomic E-state index is -0.291. The third-order valence-electron chi connectivity index (χ3n) is 4.42. The molecule has 1 aromatic carbocycles. The number of thiol groups is 1. The Hall–Kier alpha value is -3.59. The van der Waals surface area contributed by atoms with Gasteiger partial charge in [-0.25, -0.2) is 4.98 Å². The van der Waals surface area contributed by atoms with Gasteiger partial charge < -0.3 is 29.8 Å². The van der Waals surface area contributed by atoms with Crippen LogP contribution in [-0.2, 0) is 20.7 Å². The molecule has 3 rings (SSSR count). The zero-order valence-corrected chi connectivity index (χ0v) is 24.1. The molecule has 0 radical (unpaired) electrons. The van der Waals surface area contributed by atoms with Gasteiger partial charge >= 0.3 is 5.97 Å². The molecule has 0 aliphatic rings. The molecule has 38 heavy (non-hydrogen) atoms. The summed E-state index contributed by atoms with van der Waals surface area (Å²) in [6.45, 7) is 9.99. The Morgan fingerprint density at radius 1 is 1.13 bits per heavy atom. The van der Waals surface area contributed by atoms with Gasteiger partial charge in [0.15, 0.2) is 0 Å². The fourth-order valence-corrected chi connectivity index (χ4v) is 2.90. The van der Waals surface area contributed by atoms with Crippen LogP contribution in [0, 0.1) is 5.41 Å². The lowest BCUT2D eigenvalue weighted by Gasteiger charge is -2.06. The number of esters is 1. The second-order valence-electron chi connectivity index (χ2n) is 7.84. The van der Waals surface area contributed by atoms with Crippen LogP contribution in [0.25, 0.3) is 16.7 Å². The first-order valence-electron chi connectivity index (χ1n) is 12.5. The average molecular weight is 544 g/mol. The zero-order chi connectivity index (χ0) is 28.9. The largest absolute Gasteiger partial charge is 0.466 e. The van der Waals surface area contributed by atoms with Crippen molar-refractivity contribution in [3.63, 3.8) is 0 Å². The molecule has 3 N–H and O–H groups in total. The van der Waals surface area contributed by atoms with Crippen LogP contribution < -0.4 is 10.5 Å². The minimum absolute atomic E-state index is 0.161. The predicted molar refractivity (Wildman–Crippen MR) is 158 cm³/mol. The predicted octanol–water partition coefficient (Wildman–Crippen LogP) is 7.01. The van der Waals surface area contributed by atoms with Crippen LogP contribution in [0.2, 0.25) is 0 Å². The molecule has 0 spiro atoms. The number of ether oxygens (including phenoxy) is 2. The molecule has 0 atom stereocenters. The number of carbonyl (C=O) groups is 2. The summed E-state index contributed by atoms with van der Waals surface area (Å²) in [5, 5.41) is 7.87. The van der Waals surface area contributed by atoms with Gasteiger partial charge in [0.1, 0.15) is 17.1 Å². The Morgan fingerprint density at radius 3 is 2.32 bits per heavy atom. The van der Waals surface area contributed by atoms with E-state index in [4.69, 9.17) is 25.0 Å². The number of furan rings is 1. The fraction of sp³-hybridized carbons (Fsp3) is 0.379. The standard InChI is InChI=1S/C20H19N3O4.C5H10O.C3H8.CH4S/c1-2-25-20(24)9-14-12-26-18-10-15(4-5-16(14)18)27-19-6-3-13(11-23-19)17(22)7-8-21;1-3-4-5(2)6;1-3-2;1-2/h3-8,10-12,21H,2,9,22H2,1H3;3-4H2,1-2H3;3H2,1-2H3;2H,1H3/b17-7-,21-8?;;;. The summed E-state index contributed by atoms with van der Waals surface area (Å²) in [5.74, 6) is 0.959. The molecule has 0 saturated heterocycles. The summed E-state index contributed by atoms with van der Waals surface area (Å²) < 4.78 is 16.2. The maximum atomic E-state index is 11.7. The molecule has 0 unspecified atom stereocenters. The summed E-state index contributed by atoms with van der Waals surface area (Å²) in [4.78, 5) is 25.9. The summed E-state index contributed by atoms with van der Waals surface area (Å²) in [6.07, 6.45) is 10.6. The molecule has 2 aromatic heterocycles. The van der Waals surface area contributed by atoms with E-state index in [0.717, 1.165) is 30.0 Å². The zero-order valence-electron chi connectivity index (χ0n) is 23.2. The molecule has 0 amide bonds. The third kappa shape index (κ3) is 13.1. The lowest BCUT2D eigenvalue weighted by molar-refractivity contribution is -0.142. The highest BCUT2D eigenvalue weighted by Gasteiger charge is 2.12. The number of hydrogen-bond acceptors (Lipinski definition) is 9. The maximum absolute atomic E-state index is 11.7. The van der Waals surface area contributed by atoms with Gasteiger partial charge in [-0.15, -0.1) is 0 Å². The Labute approximate surface area is 231 Å². The summed E-state index contributed by atoms with van der Waals surface area (Å²) in [5.41, 5.74) is 8.35. The van der Waals surface area contributed by atoms with E-state index in [-0.39, 0.29) is 18.2 Å². The lowest BCUT2D eigenvalue weighted by Crippen LogP contribution is -2.06. The van der Waals surface area contributed by atoms with Gasteiger partial charge in [0, 0.05) is 53.2 Å². The van der Waals surface area contributed by atoms with Crippen molar-refractivity contribution in [2.24, 2.45) is 5.73 Å². The number of rotatable bonds is 9. The van der Waals surface area contributed by atoms with Gasteiger partial charge in [-0.3, -0.25) is 4.79 Å². The van der Waals surface area contributed by atoms with Gasteiger partial charge in [0.05, 0.1) is 19.3 Å². The Morgan fingerprint density at radius 2 is 1.82 bits per heavy atom. The van der Waals surface area contributed by atoms with Crippen LogP contribution in [0.15, 0.2) is 53.3 Å².